The second-order valence-corrected chi connectivity index (χ2v) is 9.98. The van der Waals surface area contributed by atoms with Gasteiger partial charge in [-0.05, 0) is 35.9 Å². The minimum absolute atomic E-state index is 0.108. The predicted octanol–water partition coefficient (Wildman–Crippen LogP) is 4.67. The molecule has 172 valence electrons. The third kappa shape index (κ3) is 4.23. The van der Waals surface area contributed by atoms with Gasteiger partial charge >= 0.3 is 11.9 Å². The molecule has 4 rings (SSSR count). The molecule has 0 spiro atoms. The Bertz CT molecular complexity index is 1560. The monoisotopic (exact) mass is 516 g/mol. The fourth-order valence-corrected chi connectivity index (χ4v) is 4.43. The molecule has 0 N–H and O–H groups in total. The van der Waals surface area contributed by atoms with E-state index in [9.17, 15) is 26.4 Å². The van der Waals surface area contributed by atoms with Crippen LogP contribution in [0.5, 0.6) is 0 Å². The van der Waals surface area contributed by atoms with Crippen LogP contribution in [0.2, 0.25) is 10.0 Å². The predicted molar refractivity (Wildman–Crippen MR) is 117 cm³/mol. The number of rotatable bonds is 4. The zero-order valence-corrected chi connectivity index (χ0v) is 19.0. The van der Waals surface area contributed by atoms with Crippen LogP contribution in [0.4, 0.5) is 13.2 Å². The van der Waals surface area contributed by atoms with E-state index in [0.717, 1.165) is 12.1 Å². The van der Waals surface area contributed by atoms with Crippen molar-refractivity contribution < 1.29 is 21.6 Å². The Morgan fingerprint density at radius 3 is 2.39 bits per heavy atom. The SMILES string of the molecule is CCS(=O)(=O)c1cc(-c2ccc(Cl)c(Cl)c2)cnc1-n1nc2ccc(C(F)(F)F)cn2c1=O. The van der Waals surface area contributed by atoms with Crippen molar-refractivity contribution in [2.45, 2.75) is 18.0 Å². The van der Waals surface area contributed by atoms with Crippen LogP contribution in [-0.2, 0) is 16.0 Å². The number of alkyl halides is 3. The van der Waals surface area contributed by atoms with Crippen molar-refractivity contribution in [3.05, 3.63) is 74.9 Å². The molecule has 0 saturated heterocycles. The van der Waals surface area contributed by atoms with E-state index in [1.54, 1.807) is 6.07 Å². The van der Waals surface area contributed by atoms with Crippen LogP contribution in [0.1, 0.15) is 12.5 Å². The highest BCUT2D eigenvalue weighted by Gasteiger charge is 2.31. The number of fused-ring (bicyclic) bond motifs is 1. The first kappa shape index (κ1) is 23.3. The molecular formula is C20H13Cl2F3N4O3S. The van der Waals surface area contributed by atoms with Gasteiger partial charge in [-0.15, -0.1) is 5.10 Å². The molecule has 0 fully saturated rings. The van der Waals surface area contributed by atoms with Crippen molar-refractivity contribution in [1.29, 1.82) is 0 Å². The standard InChI is InChI=1S/C20H13Cl2F3N4O3S/c1-2-33(31,32)16-8-12(11-3-5-14(21)15(22)7-11)9-26-18(16)29-19(30)28-10-13(20(23,24)25)4-6-17(28)27-29/h3-10H,2H2,1H3. The van der Waals surface area contributed by atoms with Gasteiger partial charge in [0.2, 0.25) is 0 Å². The number of nitrogens with zero attached hydrogens (tertiary/aromatic N) is 4. The van der Waals surface area contributed by atoms with Crippen LogP contribution in [0.3, 0.4) is 0 Å². The molecule has 3 heterocycles. The summed E-state index contributed by atoms with van der Waals surface area (Å²) in [6.07, 6.45) is -2.77. The number of hydrogen-bond donors (Lipinski definition) is 0. The van der Waals surface area contributed by atoms with E-state index < -0.39 is 27.3 Å². The second kappa shape index (κ2) is 8.15. The molecule has 33 heavy (non-hydrogen) atoms. The minimum atomic E-state index is -4.67. The Kier molecular flexibility index (Phi) is 5.75. The molecule has 0 bridgehead atoms. The van der Waals surface area contributed by atoms with Crippen LogP contribution in [0.15, 0.2) is 58.5 Å². The number of benzene rings is 1. The van der Waals surface area contributed by atoms with Crippen molar-refractivity contribution in [3.8, 4) is 16.9 Å². The van der Waals surface area contributed by atoms with Crippen LogP contribution >= 0.6 is 23.2 Å². The normalized spacial score (nSPS) is 12.4. The van der Waals surface area contributed by atoms with Gasteiger partial charge in [0.1, 0.15) is 4.90 Å². The zero-order chi connectivity index (χ0) is 24.1. The molecule has 4 aromatic rings. The van der Waals surface area contributed by atoms with Crippen LogP contribution in [0, 0.1) is 0 Å². The van der Waals surface area contributed by atoms with Gasteiger partial charge in [-0.1, -0.05) is 36.2 Å². The van der Waals surface area contributed by atoms with E-state index in [1.807, 2.05) is 0 Å². The molecular weight excluding hydrogens is 504 g/mol. The highest BCUT2D eigenvalue weighted by atomic mass is 35.5. The molecule has 0 unspecified atom stereocenters. The molecule has 3 aromatic heterocycles. The molecule has 13 heteroatoms. The number of aromatic nitrogens is 4. The topological polar surface area (TPSA) is 86.3 Å². The van der Waals surface area contributed by atoms with Gasteiger partial charge in [-0.3, -0.25) is 0 Å². The Morgan fingerprint density at radius 1 is 1.03 bits per heavy atom. The number of halogens is 5. The third-order valence-electron chi connectivity index (χ3n) is 4.85. The van der Waals surface area contributed by atoms with Crippen molar-refractivity contribution in [2.24, 2.45) is 0 Å². The van der Waals surface area contributed by atoms with Crippen LogP contribution < -0.4 is 5.69 Å². The molecule has 0 atom stereocenters. The molecule has 0 aliphatic rings. The van der Waals surface area contributed by atoms with Gasteiger partial charge in [0.15, 0.2) is 21.3 Å². The first-order valence-electron chi connectivity index (χ1n) is 9.29. The lowest BCUT2D eigenvalue weighted by atomic mass is 10.1. The Balaban J connectivity index is 1.95. The summed E-state index contributed by atoms with van der Waals surface area (Å²) in [5, 5.41) is 4.53. The van der Waals surface area contributed by atoms with Crippen molar-refractivity contribution in [1.82, 2.24) is 19.2 Å². The average Bonchev–Trinajstić information content (AvgIpc) is 3.10. The summed E-state index contributed by atoms with van der Waals surface area (Å²) in [4.78, 5) is 16.7. The summed E-state index contributed by atoms with van der Waals surface area (Å²) < 4.78 is 66.1. The van der Waals surface area contributed by atoms with Gasteiger partial charge in [-0.25, -0.2) is 22.6 Å². The van der Waals surface area contributed by atoms with Gasteiger partial charge in [-0.2, -0.15) is 17.9 Å². The van der Waals surface area contributed by atoms with Crippen LogP contribution in [0.25, 0.3) is 22.6 Å². The summed E-state index contributed by atoms with van der Waals surface area (Å²) in [6.45, 7) is 1.41. The Labute approximate surface area is 194 Å². The molecule has 0 radical (unpaired) electrons. The first-order chi connectivity index (χ1) is 15.4. The summed E-state index contributed by atoms with van der Waals surface area (Å²) >= 11 is 12.0. The zero-order valence-electron chi connectivity index (χ0n) is 16.6. The second-order valence-electron chi connectivity index (χ2n) is 6.92. The average molecular weight is 517 g/mol. The highest BCUT2D eigenvalue weighted by Crippen LogP contribution is 2.31. The smallest absolute Gasteiger partial charge is 0.249 e. The Hall–Kier alpha value is -2.89. The van der Waals surface area contributed by atoms with Crippen molar-refractivity contribution in [2.75, 3.05) is 5.75 Å². The first-order valence-corrected chi connectivity index (χ1v) is 11.7. The lowest BCUT2D eigenvalue weighted by Crippen LogP contribution is -2.23. The summed E-state index contributed by atoms with van der Waals surface area (Å²) in [7, 11) is -3.92. The fourth-order valence-electron chi connectivity index (χ4n) is 3.09. The molecule has 7 nitrogen and oxygen atoms in total. The summed E-state index contributed by atoms with van der Waals surface area (Å²) in [6, 6.07) is 7.77. The summed E-state index contributed by atoms with van der Waals surface area (Å²) in [5.41, 5.74) is -1.27. The molecule has 1 aromatic carbocycles. The maximum atomic E-state index is 13.1. The van der Waals surface area contributed by atoms with E-state index in [-0.39, 0.29) is 27.1 Å². The van der Waals surface area contributed by atoms with E-state index >= 15 is 0 Å². The number of hydrogen-bond acceptors (Lipinski definition) is 5. The quantitative estimate of drug-likeness (QED) is 0.393. The van der Waals surface area contributed by atoms with E-state index in [1.165, 1.54) is 31.3 Å². The molecule has 0 amide bonds. The van der Waals surface area contributed by atoms with Gasteiger partial charge in [0, 0.05) is 18.0 Å². The lowest BCUT2D eigenvalue weighted by Gasteiger charge is -2.11. The van der Waals surface area contributed by atoms with Gasteiger partial charge in [0.25, 0.3) is 0 Å². The van der Waals surface area contributed by atoms with Gasteiger partial charge < -0.3 is 0 Å². The van der Waals surface area contributed by atoms with E-state index in [0.29, 0.717) is 31.4 Å². The maximum Gasteiger partial charge on any atom is 0.417 e. The van der Waals surface area contributed by atoms with Crippen molar-refractivity contribution in [3.63, 3.8) is 0 Å². The largest absolute Gasteiger partial charge is 0.417 e. The Morgan fingerprint density at radius 2 is 1.76 bits per heavy atom. The maximum absolute atomic E-state index is 13.1. The highest BCUT2D eigenvalue weighted by molar-refractivity contribution is 7.91. The molecule has 0 aliphatic carbocycles. The lowest BCUT2D eigenvalue weighted by molar-refractivity contribution is -0.137. The number of pyridine rings is 2. The number of sulfone groups is 1. The summed E-state index contributed by atoms with van der Waals surface area (Å²) in [5.74, 6) is -0.643. The molecule has 0 saturated carbocycles. The molecule has 0 aliphatic heterocycles. The third-order valence-corrected chi connectivity index (χ3v) is 7.32. The van der Waals surface area contributed by atoms with Crippen molar-refractivity contribution >= 4 is 38.7 Å². The van der Waals surface area contributed by atoms with Crippen LogP contribution in [-0.4, -0.2) is 33.3 Å². The fraction of sp³-hybridized carbons (Fsp3) is 0.150. The minimum Gasteiger partial charge on any atom is -0.249 e. The van der Waals surface area contributed by atoms with Gasteiger partial charge in [0.05, 0.1) is 21.4 Å². The van der Waals surface area contributed by atoms with E-state index in [2.05, 4.69) is 10.1 Å². The van der Waals surface area contributed by atoms with E-state index in [4.69, 9.17) is 23.2 Å².